The van der Waals surface area contributed by atoms with E-state index >= 15 is 0 Å². The molecule has 0 saturated heterocycles. The van der Waals surface area contributed by atoms with Gasteiger partial charge in [0.1, 0.15) is 19.3 Å². The van der Waals surface area contributed by atoms with Gasteiger partial charge in [0.15, 0.2) is 12.2 Å². The van der Waals surface area contributed by atoms with Gasteiger partial charge in [0.2, 0.25) is 0 Å². The molecule has 19 heteroatoms. The zero-order valence-electron chi connectivity index (χ0n) is 59.9. The second kappa shape index (κ2) is 65.0. The molecule has 0 aliphatic heterocycles. The number of rotatable bonds is 72. The van der Waals surface area contributed by atoms with E-state index in [0.29, 0.717) is 25.7 Å². The van der Waals surface area contributed by atoms with Crippen LogP contribution < -0.4 is 0 Å². The fourth-order valence-electron chi connectivity index (χ4n) is 11.1. The van der Waals surface area contributed by atoms with Crippen LogP contribution in [0.1, 0.15) is 375 Å². The largest absolute Gasteiger partial charge is 0.472 e. The van der Waals surface area contributed by atoms with Crippen molar-refractivity contribution in [1.29, 1.82) is 0 Å². The van der Waals surface area contributed by atoms with Crippen LogP contribution in [0.5, 0.6) is 0 Å². The molecule has 0 aromatic heterocycles. The lowest BCUT2D eigenvalue weighted by Gasteiger charge is -2.21. The van der Waals surface area contributed by atoms with Crippen molar-refractivity contribution in [1.82, 2.24) is 0 Å². The Morgan fingerprint density at radius 2 is 0.554 bits per heavy atom. The first kappa shape index (κ1) is 90.1. The highest BCUT2D eigenvalue weighted by Gasteiger charge is 2.30. The zero-order chi connectivity index (χ0) is 67.9. The molecule has 0 spiro atoms. The lowest BCUT2D eigenvalue weighted by Crippen LogP contribution is -2.30. The Balaban J connectivity index is 5.21. The van der Waals surface area contributed by atoms with E-state index in [0.717, 1.165) is 102 Å². The summed E-state index contributed by atoms with van der Waals surface area (Å²) in [6.07, 6.45) is 51.4. The third kappa shape index (κ3) is 65.4. The maximum atomic E-state index is 13.1. The molecule has 0 aliphatic rings. The molecule has 0 radical (unpaired) electrons. The molecule has 0 aliphatic carbocycles. The number of esters is 4. The fraction of sp³-hybridized carbons (Fsp3) is 0.945. The van der Waals surface area contributed by atoms with Crippen LogP contribution in [0.25, 0.3) is 0 Å². The van der Waals surface area contributed by atoms with Gasteiger partial charge in [-0.15, -0.1) is 0 Å². The Hall–Kier alpha value is -1.94. The molecule has 0 aromatic carbocycles. The molecule has 92 heavy (non-hydrogen) atoms. The molecule has 0 fully saturated rings. The monoisotopic (exact) mass is 1350 g/mol. The van der Waals surface area contributed by atoms with Gasteiger partial charge in [-0.1, -0.05) is 324 Å². The summed E-state index contributed by atoms with van der Waals surface area (Å²) in [6, 6.07) is 0. The third-order valence-corrected chi connectivity index (χ3v) is 19.2. The minimum Gasteiger partial charge on any atom is -0.462 e. The summed E-state index contributed by atoms with van der Waals surface area (Å²) in [4.78, 5) is 72.6. The number of hydrogen-bond acceptors (Lipinski definition) is 15. The summed E-state index contributed by atoms with van der Waals surface area (Å²) in [5.41, 5.74) is 0. The van der Waals surface area contributed by atoms with Crippen molar-refractivity contribution in [2.75, 3.05) is 39.6 Å². The van der Waals surface area contributed by atoms with E-state index in [4.69, 9.17) is 37.0 Å². The number of hydrogen-bond donors (Lipinski definition) is 3. The number of phosphoric acid groups is 2. The summed E-state index contributed by atoms with van der Waals surface area (Å²) in [7, 11) is -9.90. The van der Waals surface area contributed by atoms with Crippen LogP contribution in [-0.2, 0) is 65.4 Å². The lowest BCUT2D eigenvalue weighted by atomic mass is 10.00. The average molecular weight is 1350 g/mol. The van der Waals surface area contributed by atoms with Gasteiger partial charge in [-0.25, -0.2) is 9.13 Å². The highest BCUT2D eigenvalue weighted by Crippen LogP contribution is 2.45. The number of aliphatic hydroxyl groups excluding tert-OH is 1. The Bertz CT molecular complexity index is 1790. The van der Waals surface area contributed by atoms with Crippen molar-refractivity contribution in [3.63, 3.8) is 0 Å². The van der Waals surface area contributed by atoms with Crippen molar-refractivity contribution < 1.29 is 80.2 Å². The topological polar surface area (TPSA) is 237 Å². The number of carbonyl (C=O) groups excluding carboxylic acids is 4. The first-order valence-electron chi connectivity index (χ1n) is 38.0. The quantitative estimate of drug-likeness (QED) is 0.0222. The van der Waals surface area contributed by atoms with Crippen molar-refractivity contribution >= 4 is 39.5 Å². The van der Waals surface area contributed by atoms with Crippen molar-refractivity contribution in [2.24, 2.45) is 11.8 Å². The van der Waals surface area contributed by atoms with Crippen LogP contribution in [0.4, 0.5) is 0 Å². The van der Waals surface area contributed by atoms with E-state index < -0.39 is 97.5 Å². The average Bonchev–Trinajstić information content (AvgIpc) is 3.41. The molecule has 17 nitrogen and oxygen atoms in total. The van der Waals surface area contributed by atoms with Gasteiger partial charge in [-0.3, -0.25) is 37.3 Å². The first-order chi connectivity index (χ1) is 44.4. The highest BCUT2D eigenvalue weighted by molar-refractivity contribution is 7.47. The molecule has 0 amide bonds. The van der Waals surface area contributed by atoms with E-state index in [9.17, 15) is 43.2 Å². The molecule has 6 atom stereocenters. The third-order valence-electron chi connectivity index (χ3n) is 17.3. The molecular formula is C73H142O17P2. The molecule has 546 valence electrons. The summed E-state index contributed by atoms with van der Waals surface area (Å²) < 4.78 is 68.3. The second-order valence-electron chi connectivity index (χ2n) is 27.1. The van der Waals surface area contributed by atoms with E-state index in [1.807, 2.05) is 0 Å². The molecule has 0 saturated carbocycles. The molecule has 0 rings (SSSR count). The van der Waals surface area contributed by atoms with Crippen LogP contribution >= 0.6 is 15.6 Å². The van der Waals surface area contributed by atoms with Crippen LogP contribution in [-0.4, -0.2) is 96.7 Å². The van der Waals surface area contributed by atoms with Crippen molar-refractivity contribution in [3.05, 3.63) is 0 Å². The van der Waals surface area contributed by atoms with Crippen LogP contribution in [0, 0.1) is 11.8 Å². The van der Waals surface area contributed by atoms with Gasteiger partial charge in [-0.05, 0) is 37.5 Å². The van der Waals surface area contributed by atoms with Gasteiger partial charge in [0, 0.05) is 25.7 Å². The summed E-state index contributed by atoms with van der Waals surface area (Å²) in [6.45, 7) is 9.54. The van der Waals surface area contributed by atoms with E-state index in [1.54, 1.807) is 0 Å². The van der Waals surface area contributed by atoms with Gasteiger partial charge in [0.05, 0.1) is 26.4 Å². The van der Waals surface area contributed by atoms with E-state index in [1.165, 1.54) is 193 Å². The van der Waals surface area contributed by atoms with Gasteiger partial charge in [0.25, 0.3) is 0 Å². The summed E-state index contributed by atoms with van der Waals surface area (Å²) in [5.74, 6) is -0.593. The molecular weight excluding hydrogens is 1210 g/mol. The van der Waals surface area contributed by atoms with E-state index in [-0.39, 0.29) is 25.7 Å². The minimum absolute atomic E-state index is 0.103. The Kier molecular flexibility index (Phi) is 63.7. The number of phosphoric ester groups is 2. The predicted octanol–water partition coefficient (Wildman–Crippen LogP) is 21.2. The van der Waals surface area contributed by atoms with Gasteiger partial charge in [-0.2, -0.15) is 0 Å². The number of carbonyl (C=O) groups is 4. The lowest BCUT2D eigenvalue weighted by molar-refractivity contribution is -0.161. The first-order valence-corrected chi connectivity index (χ1v) is 41.0. The molecule has 3 unspecified atom stereocenters. The number of aliphatic hydroxyl groups is 1. The molecule has 3 N–H and O–H groups in total. The highest BCUT2D eigenvalue weighted by atomic mass is 31.2. The number of ether oxygens (including phenoxy) is 4. The molecule has 0 bridgehead atoms. The Labute approximate surface area is 562 Å². The molecule has 0 aromatic rings. The standard InChI is InChI=1S/C73H142O17P2/c1-7-10-12-14-16-18-19-20-26-29-33-37-44-50-56-71(76)84-61-68(89-72(77)57-51-45-38-34-30-27-24-22-21-23-25-28-32-35-41-47-53-65(4)5)63-87-91(79,80)85-59-67(74)60-86-92(81,82)88-64-69(62-83-70(75)55-49-43-36-31-17-15-13-11-8-2)90-73(78)58-52-46-40-39-42-48-54-66(6)9-3/h65-69,74H,7-64H2,1-6H3,(H,79,80)(H,81,82)/t66?,67-,68-,69-/m1/s1. The SMILES string of the molecule is CCCCCCCCCCCCCCCCC(=O)OC[C@H](COP(=O)(O)OC[C@@H](O)COP(=O)(O)OC[C@@H](COC(=O)CCCCCCCCCCC)OC(=O)CCCCCCCCC(C)CC)OC(=O)CCCCCCCCCCCCCCCCCCC(C)C. The normalized spacial score (nSPS) is 14.4. The smallest absolute Gasteiger partial charge is 0.462 e. The van der Waals surface area contributed by atoms with Crippen LogP contribution in [0.2, 0.25) is 0 Å². The summed E-state index contributed by atoms with van der Waals surface area (Å²) >= 11 is 0. The Morgan fingerprint density at radius 1 is 0.315 bits per heavy atom. The van der Waals surface area contributed by atoms with Crippen molar-refractivity contribution in [2.45, 2.75) is 394 Å². The van der Waals surface area contributed by atoms with E-state index in [2.05, 4.69) is 41.5 Å². The second-order valence-corrected chi connectivity index (χ2v) is 30.0. The maximum absolute atomic E-state index is 13.1. The van der Waals surface area contributed by atoms with Crippen LogP contribution in [0.3, 0.4) is 0 Å². The minimum atomic E-state index is -4.95. The maximum Gasteiger partial charge on any atom is 0.472 e. The van der Waals surface area contributed by atoms with Crippen molar-refractivity contribution in [3.8, 4) is 0 Å². The van der Waals surface area contributed by atoms with Gasteiger partial charge < -0.3 is 33.8 Å². The number of unbranched alkanes of at least 4 members (excludes halogenated alkanes) is 41. The van der Waals surface area contributed by atoms with Crippen LogP contribution in [0.15, 0.2) is 0 Å². The summed E-state index contributed by atoms with van der Waals surface area (Å²) in [5, 5.41) is 10.6. The zero-order valence-corrected chi connectivity index (χ0v) is 61.6. The van der Waals surface area contributed by atoms with Gasteiger partial charge >= 0.3 is 39.5 Å². The fourth-order valence-corrected chi connectivity index (χ4v) is 12.7. The molecule has 0 heterocycles. The Morgan fingerprint density at radius 3 is 0.826 bits per heavy atom. The predicted molar refractivity (Wildman–Crippen MR) is 372 cm³/mol.